The highest BCUT2D eigenvalue weighted by atomic mass is 35.5. The predicted octanol–water partition coefficient (Wildman–Crippen LogP) is 2.71. The Balaban J connectivity index is 2.43. The van der Waals surface area contributed by atoms with E-state index in [1.807, 2.05) is 0 Å². The summed E-state index contributed by atoms with van der Waals surface area (Å²) in [6.45, 7) is 1.60. The minimum Gasteiger partial charge on any atom is -0.360 e. The molecular weight excluding hydrogens is 320 g/mol. The number of carbonyl (C=O) groups excluding carboxylic acids is 1. The van der Waals surface area contributed by atoms with Gasteiger partial charge in [0.2, 0.25) is 0 Å². The molecule has 1 aromatic carbocycles. The topological polar surface area (TPSA) is 141 Å². The average Bonchev–Trinajstić information content (AvgIpc) is 2.83. The Labute approximate surface area is 127 Å². The van der Waals surface area contributed by atoms with Gasteiger partial charge in [-0.05, 0) is 6.92 Å². The van der Waals surface area contributed by atoms with E-state index in [2.05, 4.69) is 10.5 Å². The van der Waals surface area contributed by atoms with E-state index in [1.165, 1.54) is 6.07 Å². The molecule has 0 fully saturated rings. The lowest BCUT2D eigenvalue weighted by atomic mass is 10.1. The van der Waals surface area contributed by atoms with Gasteiger partial charge in [0.05, 0.1) is 15.4 Å². The summed E-state index contributed by atoms with van der Waals surface area (Å²) in [6.07, 6.45) is 0. The van der Waals surface area contributed by atoms with Crippen molar-refractivity contribution in [2.45, 2.75) is 6.92 Å². The van der Waals surface area contributed by atoms with Crippen molar-refractivity contribution in [2.75, 3.05) is 5.32 Å². The van der Waals surface area contributed by atoms with Crippen LogP contribution in [-0.2, 0) is 0 Å². The van der Waals surface area contributed by atoms with Crippen molar-refractivity contribution in [3.05, 3.63) is 54.8 Å². The van der Waals surface area contributed by atoms with Gasteiger partial charge in [-0.3, -0.25) is 25.0 Å². The number of aryl methyl sites for hydroxylation is 1. The molecule has 0 saturated carbocycles. The van der Waals surface area contributed by atoms with Crippen molar-refractivity contribution < 1.29 is 19.2 Å². The summed E-state index contributed by atoms with van der Waals surface area (Å²) in [5.74, 6) is -0.317. The first-order chi connectivity index (χ1) is 10.3. The summed E-state index contributed by atoms with van der Waals surface area (Å²) in [7, 11) is 0. The zero-order chi connectivity index (χ0) is 16.4. The molecule has 0 spiro atoms. The maximum absolute atomic E-state index is 12.0. The molecule has 0 aliphatic rings. The maximum atomic E-state index is 12.0. The Kier molecular flexibility index (Phi) is 4.04. The zero-order valence-electron chi connectivity index (χ0n) is 10.9. The molecule has 22 heavy (non-hydrogen) atoms. The van der Waals surface area contributed by atoms with Crippen molar-refractivity contribution >= 4 is 34.7 Å². The number of hydrogen-bond acceptors (Lipinski definition) is 7. The number of nitrogens with one attached hydrogen (secondary N) is 1. The van der Waals surface area contributed by atoms with Crippen LogP contribution in [0.25, 0.3) is 0 Å². The molecule has 1 amide bonds. The fraction of sp³-hybridized carbons (Fsp3) is 0.0909. The molecule has 0 aliphatic heterocycles. The van der Waals surface area contributed by atoms with Crippen LogP contribution >= 0.6 is 11.6 Å². The van der Waals surface area contributed by atoms with Crippen LogP contribution in [0.3, 0.4) is 0 Å². The number of nitrogens with zero attached hydrogens (tertiary/aromatic N) is 3. The number of nitro groups is 2. The van der Waals surface area contributed by atoms with Crippen LogP contribution < -0.4 is 5.32 Å². The Morgan fingerprint density at radius 3 is 2.18 bits per heavy atom. The van der Waals surface area contributed by atoms with Crippen molar-refractivity contribution in [3.8, 4) is 0 Å². The normalized spacial score (nSPS) is 10.3. The highest BCUT2D eigenvalue weighted by molar-refractivity contribution is 6.35. The second-order valence-electron chi connectivity index (χ2n) is 4.12. The second-order valence-corrected chi connectivity index (χ2v) is 4.50. The molecule has 10 nitrogen and oxygen atoms in total. The Bertz CT molecular complexity index is 752. The number of rotatable bonds is 4. The summed E-state index contributed by atoms with van der Waals surface area (Å²) in [5, 5.41) is 26.9. The van der Waals surface area contributed by atoms with E-state index in [1.54, 1.807) is 6.92 Å². The van der Waals surface area contributed by atoms with Gasteiger partial charge in [-0.25, -0.2) is 0 Å². The van der Waals surface area contributed by atoms with E-state index in [0.717, 1.165) is 12.1 Å². The van der Waals surface area contributed by atoms with Gasteiger partial charge >= 0.3 is 0 Å². The quantitative estimate of drug-likeness (QED) is 0.672. The Hall–Kier alpha value is -3.01. The van der Waals surface area contributed by atoms with Crippen molar-refractivity contribution in [1.82, 2.24) is 5.16 Å². The minimum absolute atomic E-state index is 0.0720. The zero-order valence-corrected chi connectivity index (χ0v) is 11.7. The Morgan fingerprint density at radius 1 is 1.23 bits per heavy atom. The van der Waals surface area contributed by atoms with Gasteiger partial charge in [0.25, 0.3) is 17.3 Å². The molecule has 1 aromatic heterocycles. The number of nitro benzene ring substituents is 2. The molecule has 11 heteroatoms. The fourth-order valence-electron chi connectivity index (χ4n) is 1.60. The van der Waals surface area contributed by atoms with Crippen molar-refractivity contribution in [2.24, 2.45) is 0 Å². The molecule has 2 rings (SSSR count). The van der Waals surface area contributed by atoms with Crippen LogP contribution in [0.15, 0.2) is 22.7 Å². The van der Waals surface area contributed by atoms with Crippen LogP contribution in [0.5, 0.6) is 0 Å². The first-order valence-electron chi connectivity index (χ1n) is 5.66. The first kappa shape index (κ1) is 15.4. The maximum Gasteiger partial charge on any atom is 0.295 e. The first-order valence-corrected chi connectivity index (χ1v) is 6.04. The summed E-state index contributed by atoms with van der Waals surface area (Å²) in [5.41, 5.74) is -1.78. The molecular formula is C11H7ClN4O6. The van der Waals surface area contributed by atoms with Crippen LogP contribution in [0.1, 0.15) is 16.1 Å². The van der Waals surface area contributed by atoms with Gasteiger partial charge < -0.3 is 9.84 Å². The number of anilines is 1. The largest absolute Gasteiger partial charge is 0.360 e. The lowest BCUT2D eigenvalue weighted by Crippen LogP contribution is -2.13. The number of benzene rings is 1. The van der Waals surface area contributed by atoms with Crippen LogP contribution in [0, 0.1) is 27.2 Å². The van der Waals surface area contributed by atoms with E-state index in [4.69, 9.17) is 16.1 Å². The highest BCUT2D eigenvalue weighted by Crippen LogP contribution is 2.35. The molecule has 114 valence electrons. The molecule has 0 unspecified atom stereocenters. The van der Waals surface area contributed by atoms with Gasteiger partial charge in [-0.1, -0.05) is 16.8 Å². The van der Waals surface area contributed by atoms with Gasteiger partial charge in [0.1, 0.15) is 5.76 Å². The van der Waals surface area contributed by atoms with Crippen molar-refractivity contribution in [3.63, 3.8) is 0 Å². The van der Waals surface area contributed by atoms with Crippen LogP contribution in [-0.4, -0.2) is 20.9 Å². The van der Waals surface area contributed by atoms with E-state index in [9.17, 15) is 25.0 Å². The molecule has 1 N–H and O–H groups in total. The number of hydrogen-bond donors (Lipinski definition) is 1. The van der Waals surface area contributed by atoms with Crippen LogP contribution in [0.2, 0.25) is 5.02 Å². The average molecular weight is 327 g/mol. The lowest BCUT2D eigenvalue weighted by molar-refractivity contribution is -0.393. The third kappa shape index (κ3) is 3.01. The van der Waals surface area contributed by atoms with E-state index < -0.39 is 32.2 Å². The molecule has 0 saturated heterocycles. The lowest BCUT2D eigenvalue weighted by Gasteiger charge is -2.03. The molecule has 1 heterocycles. The van der Waals surface area contributed by atoms with E-state index >= 15 is 0 Å². The summed E-state index contributed by atoms with van der Waals surface area (Å²) in [6, 6.07) is 3.10. The van der Waals surface area contributed by atoms with Gasteiger partial charge in [0, 0.05) is 18.2 Å². The molecule has 0 bridgehead atoms. The number of amides is 1. The van der Waals surface area contributed by atoms with Gasteiger partial charge in [-0.15, -0.1) is 0 Å². The van der Waals surface area contributed by atoms with E-state index in [-0.39, 0.29) is 11.4 Å². The number of aromatic nitrogens is 1. The highest BCUT2D eigenvalue weighted by Gasteiger charge is 2.27. The molecule has 2 aromatic rings. The SMILES string of the molecule is Cc1cc(NC(=O)c2cc([N+](=O)[O-])c(Cl)c([N+](=O)[O-])c2)no1. The number of carbonyl (C=O) groups is 1. The molecule has 0 radical (unpaired) electrons. The van der Waals surface area contributed by atoms with Crippen LogP contribution in [0.4, 0.5) is 17.2 Å². The fourth-order valence-corrected chi connectivity index (χ4v) is 1.85. The van der Waals surface area contributed by atoms with E-state index in [0.29, 0.717) is 5.76 Å². The molecule has 0 aliphatic carbocycles. The summed E-state index contributed by atoms with van der Waals surface area (Å²) >= 11 is 5.60. The number of halogens is 1. The van der Waals surface area contributed by atoms with Gasteiger partial charge in [-0.2, -0.15) is 0 Å². The Morgan fingerprint density at radius 2 is 1.77 bits per heavy atom. The third-order valence-corrected chi connectivity index (χ3v) is 2.95. The summed E-state index contributed by atoms with van der Waals surface area (Å²) in [4.78, 5) is 31.9. The monoisotopic (exact) mass is 326 g/mol. The third-order valence-electron chi connectivity index (χ3n) is 2.56. The van der Waals surface area contributed by atoms with Crippen molar-refractivity contribution in [1.29, 1.82) is 0 Å². The standard InChI is InChI=1S/C11H7ClN4O6/c1-5-2-9(14-22-5)13-11(17)6-3-7(15(18)19)10(12)8(4-6)16(20)21/h2-4H,1H3,(H,13,14,17). The smallest absolute Gasteiger partial charge is 0.295 e. The summed E-state index contributed by atoms with van der Waals surface area (Å²) < 4.78 is 4.74. The second kappa shape index (κ2) is 5.77. The van der Waals surface area contributed by atoms with Gasteiger partial charge in [0.15, 0.2) is 10.8 Å². The predicted molar refractivity (Wildman–Crippen MR) is 74.0 cm³/mol. The minimum atomic E-state index is -0.910. The molecule has 0 atom stereocenters.